The van der Waals surface area contributed by atoms with Crippen LogP contribution in [0.4, 0.5) is 5.69 Å². The molecular weight excluding hydrogens is 265 g/mol. The molecule has 1 rings (SSSR count). The standard InChI is InChI=1S/C9H12NO5PS/c1-13-16(17,14-2)15-7-8-3-5-9(6-4-8)10(11)12/h3-6H,7H2,1-2H3. The van der Waals surface area contributed by atoms with E-state index in [1.807, 2.05) is 0 Å². The molecule has 0 saturated carbocycles. The Bertz CT molecular complexity index is 428. The number of nitrogens with zero attached hydrogens (tertiary/aromatic N) is 1. The molecule has 6 nitrogen and oxygen atoms in total. The molecule has 0 heterocycles. The number of hydrogen-bond acceptors (Lipinski definition) is 6. The molecule has 0 amide bonds. The summed E-state index contributed by atoms with van der Waals surface area (Å²) in [5, 5.41) is 10.4. The number of rotatable bonds is 6. The van der Waals surface area contributed by atoms with Gasteiger partial charge in [0, 0.05) is 26.4 Å². The molecule has 0 bridgehead atoms. The molecule has 0 N–H and O–H groups in total. The fourth-order valence-electron chi connectivity index (χ4n) is 1.05. The summed E-state index contributed by atoms with van der Waals surface area (Å²) < 4.78 is 15.2. The van der Waals surface area contributed by atoms with Crippen LogP contribution in [-0.2, 0) is 32.0 Å². The summed E-state index contributed by atoms with van der Waals surface area (Å²) >= 11 is 5.01. The second-order valence-corrected chi connectivity index (χ2v) is 6.23. The molecule has 0 aliphatic rings. The van der Waals surface area contributed by atoms with Crippen molar-refractivity contribution in [2.75, 3.05) is 14.2 Å². The SMILES string of the molecule is COP(=S)(OC)OCc1ccc([N+](=O)[O-])cc1. The normalized spacial score (nSPS) is 11.4. The Morgan fingerprint density at radius 3 is 2.24 bits per heavy atom. The van der Waals surface area contributed by atoms with Gasteiger partial charge in [0.25, 0.3) is 5.69 Å². The van der Waals surface area contributed by atoms with Crippen LogP contribution in [0.15, 0.2) is 24.3 Å². The average Bonchev–Trinajstić information content (AvgIpc) is 2.36. The maximum Gasteiger partial charge on any atom is 0.326 e. The first kappa shape index (κ1) is 14.2. The molecule has 0 radical (unpaired) electrons. The lowest BCUT2D eigenvalue weighted by Gasteiger charge is -2.17. The summed E-state index contributed by atoms with van der Waals surface area (Å²) in [6, 6.07) is 6.01. The zero-order valence-electron chi connectivity index (χ0n) is 9.36. The molecule has 0 saturated heterocycles. The van der Waals surface area contributed by atoms with Crippen LogP contribution < -0.4 is 0 Å². The van der Waals surface area contributed by atoms with E-state index >= 15 is 0 Å². The zero-order valence-corrected chi connectivity index (χ0v) is 11.1. The first-order valence-corrected chi connectivity index (χ1v) is 7.16. The smallest absolute Gasteiger partial charge is 0.312 e. The lowest BCUT2D eigenvalue weighted by Crippen LogP contribution is -1.96. The van der Waals surface area contributed by atoms with E-state index in [9.17, 15) is 10.1 Å². The minimum atomic E-state index is -2.68. The maximum atomic E-state index is 10.4. The molecule has 0 atom stereocenters. The third-order valence-corrected chi connectivity index (χ3v) is 4.53. The Morgan fingerprint density at radius 1 is 1.29 bits per heavy atom. The second kappa shape index (κ2) is 6.18. The Hall–Kier alpha value is -0.850. The van der Waals surface area contributed by atoms with Crippen LogP contribution in [-0.4, -0.2) is 19.1 Å². The van der Waals surface area contributed by atoms with E-state index in [0.29, 0.717) is 0 Å². The van der Waals surface area contributed by atoms with Crippen LogP contribution in [0.25, 0.3) is 0 Å². The van der Waals surface area contributed by atoms with E-state index in [2.05, 4.69) is 0 Å². The van der Waals surface area contributed by atoms with Crippen molar-refractivity contribution in [3.63, 3.8) is 0 Å². The van der Waals surface area contributed by atoms with E-state index in [1.54, 1.807) is 12.1 Å². The van der Waals surface area contributed by atoms with Gasteiger partial charge >= 0.3 is 6.72 Å². The molecule has 0 spiro atoms. The summed E-state index contributed by atoms with van der Waals surface area (Å²) in [6.07, 6.45) is 0. The van der Waals surface area contributed by atoms with E-state index < -0.39 is 11.6 Å². The van der Waals surface area contributed by atoms with E-state index in [1.165, 1.54) is 26.4 Å². The highest BCUT2D eigenvalue weighted by atomic mass is 32.5. The molecule has 17 heavy (non-hydrogen) atoms. The largest absolute Gasteiger partial charge is 0.326 e. The van der Waals surface area contributed by atoms with Crippen LogP contribution in [0.3, 0.4) is 0 Å². The number of non-ortho nitro benzene ring substituents is 1. The Labute approximate surface area is 104 Å². The Kier molecular flexibility index (Phi) is 5.17. The molecule has 1 aromatic carbocycles. The van der Waals surface area contributed by atoms with Gasteiger partial charge in [-0.25, -0.2) is 0 Å². The van der Waals surface area contributed by atoms with E-state index in [0.717, 1.165) is 5.56 Å². The lowest BCUT2D eigenvalue weighted by atomic mass is 10.2. The number of benzene rings is 1. The first-order chi connectivity index (χ1) is 8.00. The van der Waals surface area contributed by atoms with Gasteiger partial charge in [-0.3, -0.25) is 10.1 Å². The summed E-state index contributed by atoms with van der Waals surface area (Å²) in [5.41, 5.74) is 0.797. The average molecular weight is 277 g/mol. The van der Waals surface area contributed by atoms with Crippen LogP contribution in [0.2, 0.25) is 0 Å². The fourth-order valence-corrected chi connectivity index (χ4v) is 1.87. The Morgan fingerprint density at radius 2 is 1.82 bits per heavy atom. The van der Waals surface area contributed by atoms with E-state index in [-0.39, 0.29) is 12.3 Å². The summed E-state index contributed by atoms with van der Waals surface area (Å²) in [4.78, 5) is 9.99. The summed E-state index contributed by atoms with van der Waals surface area (Å²) in [6.45, 7) is -2.49. The Balaban J connectivity index is 2.64. The van der Waals surface area contributed by atoms with Crippen LogP contribution in [0, 0.1) is 10.1 Å². The predicted octanol–water partition coefficient (Wildman–Crippen LogP) is 2.63. The predicted molar refractivity (Wildman–Crippen MR) is 66.2 cm³/mol. The third-order valence-electron chi connectivity index (χ3n) is 1.98. The van der Waals surface area contributed by atoms with Gasteiger partial charge in [-0.15, -0.1) is 0 Å². The monoisotopic (exact) mass is 277 g/mol. The van der Waals surface area contributed by atoms with Gasteiger partial charge in [-0.05, 0) is 29.5 Å². The highest BCUT2D eigenvalue weighted by Gasteiger charge is 2.16. The highest BCUT2D eigenvalue weighted by molar-refractivity contribution is 8.07. The second-order valence-electron chi connectivity index (χ2n) is 3.01. The van der Waals surface area contributed by atoms with Crippen molar-refractivity contribution in [3.8, 4) is 0 Å². The van der Waals surface area contributed by atoms with Crippen molar-refractivity contribution in [1.82, 2.24) is 0 Å². The first-order valence-electron chi connectivity index (χ1n) is 4.60. The van der Waals surface area contributed by atoms with Gasteiger partial charge in [0.15, 0.2) is 0 Å². The van der Waals surface area contributed by atoms with Crippen molar-refractivity contribution < 1.29 is 18.5 Å². The minimum absolute atomic E-state index is 0.0339. The molecule has 8 heteroatoms. The quantitative estimate of drug-likeness (QED) is 0.452. The van der Waals surface area contributed by atoms with Crippen molar-refractivity contribution in [1.29, 1.82) is 0 Å². The summed E-state index contributed by atoms with van der Waals surface area (Å²) in [7, 11) is 2.83. The molecular formula is C9H12NO5PS. The van der Waals surface area contributed by atoms with Gasteiger partial charge in [-0.2, -0.15) is 0 Å². The molecule has 0 unspecified atom stereocenters. The fraction of sp³-hybridized carbons (Fsp3) is 0.333. The molecule has 94 valence electrons. The zero-order chi connectivity index (χ0) is 12.9. The van der Waals surface area contributed by atoms with Crippen molar-refractivity contribution in [2.45, 2.75) is 6.61 Å². The van der Waals surface area contributed by atoms with Crippen molar-refractivity contribution >= 4 is 24.2 Å². The minimum Gasteiger partial charge on any atom is -0.312 e. The lowest BCUT2D eigenvalue weighted by molar-refractivity contribution is -0.384. The van der Waals surface area contributed by atoms with Crippen molar-refractivity contribution in [2.24, 2.45) is 0 Å². The van der Waals surface area contributed by atoms with Gasteiger partial charge in [0.05, 0.1) is 11.5 Å². The highest BCUT2D eigenvalue weighted by Crippen LogP contribution is 2.48. The van der Waals surface area contributed by atoms with Crippen molar-refractivity contribution in [3.05, 3.63) is 39.9 Å². The molecule has 0 fully saturated rings. The van der Waals surface area contributed by atoms with Crippen LogP contribution in [0.5, 0.6) is 0 Å². The van der Waals surface area contributed by atoms with Gasteiger partial charge in [-0.1, -0.05) is 0 Å². The van der Waals surface area contributed by atoms with Gasteiger partial charge in [0.2, 0.25) is 0 Å². The molecule has 0 aliphatic heterocycles. The molecule has 0 aliphatic carbocycles. The van der Waals surface area contributed by atoms with Crippen LogP contribution in [0.1, 0.15) is 5.56 Å². The number of nitro benzene ring substituents is 1. The molecule has 1 aromatic rings. The number of nitro groups is 1. The third kappa shape index (κ3) is 4.14. The maximum absolute atomic E-state index is 10.4. The summed E-state index contributed by atoms with van der Waals surface area (Å²) in [5.74, 6) is 0. The number of hydrogen-bond donors (Lipinski definition) is 0. The van der Waals surface area contributed by atoms with Gasteiger partial charge in [0.1, 0.15) is 0 Å². The van der Waals surface area contributed by atoms with E-state index in [4.69, 9.17) is 25.4 Å². The van der Waals surface area contributed by atoms with Gasteiger partial charge < -0.3 is 13.6 Å². The molecule has 0 aromatic heterocycles. The topological polar surface area (TPSA) is 70.8 Å². The van der Waals surface area contributed by atoms with Crippen LogP contribution >= 0.6 is 6.72 Å².